The Morgan fingerprint density at radius 3 is 2.09 bits per heavy atom. The Bertz CT molecular complexity index is 171. The van der Waals surface area contributed by atoms with E-state index in [1.165, 1.54) is 12.8 Å². The van der Waals surface area contributed by atoms with E-state index in [1.54, 1.807) is 0 Å². The standard InChI is InChI=1S/C8H17O2S/c1-3-4-5-6-7-8-11(2,9)10/h2-8H2,1H3. The fourth-order valence-corrected chi connectivity index (χ4v) is 1.57. The summed E-state index contributed by atoms with van der Waals surface area (Å²) in [5, 5.41) is 0. The van der Waals surface area contributed by atoms with Gasteiger partial charge in [0.1, 0.15) is 0 Å². The first-order valence-corrected chi connectivity index (χ1v) is 5.94. The highest BCUT2D eigenvalue weighted by Gasteiger charge is 2.00. The van der Waals surface area contributed by atoms with Crippen LogP contribution in [0, 0.1) is 6.26 Å². The second-order valence-electron chi connectivity index (χ2n) is 2.86. The molecule has 0 aliphatic carbocycles. The molecule has 0 atom stereocenters. The van der Waals surface area contributed by atoms with E-state index in [4.69, 9.17) is 0 Å². The molecule has 0 amide bonds. The van der Waals surface area contributed by atoms with Crippen LogP contribution in [0.5, 0.6) is 0 Å². The van der Waals surface area contributed by atoms with Crippen LogP contribution >= 0.6 is 0 Å². The molecular weight excluding hydrogens is 160 g/mol. The zero-order chi connectivity index (χ0) is 8.74. The molecule has 0 saturated heterocycles. The third-order valence-corrected chi connectivity index (χ3v) is 2.47. The van der Waals surface area contributed by atoms with E-state index in [2.05, 4.69) is 13.2 Å². The molecule has 3 heteroatoms. The predicted octanol–water partition coefficient (Wildman–Crippen LogP) is 2.16. The van der Waals surface area contributed by atoms with Gasteiger partial charge in [-0.05, 0) is 6.42 Å². The van der Waals surface area contributed by atoms with Crippen LogP contribution in [0.15, 0.2) is 0 Å². The Hall–Kier alpha value is -0.0500. The normalized spacial score (nSPS) is 11.8. The van der Waals surface area contributed by atoms with Gasteiger partial charge in [-0.1, -0.05) is 32.6 Å². The molecule has 2 nitrogen and oxygen atoms in total. The van der Waals surface area contributed by atoms with Gasteiger partial charge < -0.3 is 0 Å². The molecule has 0 saturated carbocycles. The van der Waals surface area contributed by atoms with Crippen LogP contribution in [-0.4, -0.2) is 14.2 Å². The lowest BCUT2D eigenvalue weighted by Gasteiger charge is -1.97. The van der Waals surface area contributed by atoms with Crippen LogP contribution in [0.1, 0.15) is 39.0 Å². The van der Waals surface area contributed by atoms with Gasteiger partial charge in [-0.25, -0.2) is 8.42 Å². The predicted molar refractivity (Wildman–Crippen MR) is 47.9 cm³/mol. The molecule has 0 aromatic heterocycles. The van der Waals surface area contributed by atoms with Gasteiger partial charge in [-0.15, -0.1) is 0 Å². The molecule has 0 aliphatic rings. The number of hydrogen-bond donors (Lipinski definition) is 0. The zero-order valence-electron chi connectivity index (χ0n) is 7.17. The summed E-state index contributed by atoms with van der Waals surface area (Å²) in [5.74, 6) is 0.247. The minimum absolute atomic E-state index is 0.247. The highest BCUT2D eigenvalue weighted by atomic mass is 32.2. The van der Waals surface area contributed by atoms with Gasteiger partial charge in [0, 0.05) is 0 Å². The van der Waals surface area contributed by atoms with Crippen molar-refractivity contribution in [1.82, 2.24) is 0 Å². The summed E-state index contributed by atoms with van der Waals surface area (Å²) in [6.07, 6.45) is 8.39. The van der Waals surface area contributed by atoms with E-state index in [0.29, 0.717) is 0 Å². The van der Waals surface area contributed by atoms with Gasteiger partial charge in [0.05, 0.1) is 12.0 Å². The largest absolute Gasteiger partial charge is 0.229 e. The summed E-state index contributed by atoms with van der Waals surface area (Å²) in [6.45, 7) is 2.14. The van der Waals surface area contributed by atoms with Crippen LogP contribution in [0.4, 0.5) is 0 Å². The summed E-state index contributed by atoms with van der Waals surface area (Å²) < 4.78 is 21.1. The first kappa shape index (κ1) is 11.0. The minimum Gasteiger partial charge on any atom is -0.229 e. The van der Waals surface area contributed by atoms with Crippen molar-refractivity contribution in [3.8, 4) is 0 Å². The summed E-state index contributed by atoms with van der Waals surface area (Å²) in [4.78, 5) is 0. The van der Waals surface area contributed by atoms with Gasteiger partial charge in [0.25, 0.3) is 0 Å². The van der Waals surface area contributed by atoms with Gasteiger partial charge in [0.15, 0.2) is 9.84 Å². The zero-order valence-corrected chi connectivity index (χ0v) is 7.99. The average molecular weight is 177 g/mol. The molecule has 0 N–H and O–H groups in total. The molecule has 0 fully saturated rings. The van der Waals surface area contributed by atoms with Crippen molar-refractivity contribution in [3.63, 3.8) is 0 Å². The van der Waals surface area contributed by atoms with Gasteiger partial charge in [-0.2, -0.15) is 0 Å². The fraction of sp³-hybridized carbons (Fsp3) is 0.875. The molecule has 11 heavy (non-hydrogen) atoms. The van der Waals surface area contributed by atoms with Crippen LogP contribution < -0.4 is 0 Å². The van der Waals surface area contributed by atoms with E-state index < -0.39 is 9.84 Å². The smallest absolute Gasteiger partial charge is 0.151 e. The molecule has 0 aromatic rings. The monoisotopic (exact) mass is 177 g/mol. The maximum absolute atomic E-state index is 10.6. The summed E-state index contributed by atoms with van der Waals surface area (Å²) >= 11 is 0. The van der Waals surface area contributed by atoms with Crippen molar-refractivity contribution in [2.45, 2.75) is 39.0 Å². The summed E-state index contributed by atoms with van der Waals surface area (Å²) in [6, 6.07) is 0. The summed E-state index contributed by atoms with van der Waals surface area (Å²) in [5.41, 5.74) is 0. The molecule has 0 heterocycles. The minimum atomic E-state index is -2.96. The topological polar surface area (TPSA) is 34.1 Å². The first-order chi connectivity index (χ1) is 5.06. The molecule has 67 valence electrons. The number of hydrogen-bond acceptors (Lipinski definition) is 2. The Kier molecular flexibility index (Phi) is 5.56. The van der Waals surface area contributed by atoms with Crippen molar-refractivity contribution in [3.05, 3.63) is 6.26 Å². The molecule has 0 aliphatic heterocycles. The second-order valence-corrected chi connectivity index (χ2v) is 4.76. The van der Waals surface area contributed by atoms with Crippen molar-refractivity contribution < 1.29 is 8.42 Å². The molecule has 0 rings (SSSR count). The van der Waals surface area contributed by atoms with Gasteiger partial charge in [-0.3, -0.25) is 0 Å². The SMILES string of the molecule is [CH2]S(=O)(=O)CCCCCCC. The highest BCUT2D eigenvalue weighted by molar-refractivity contribution is 7.92. The van der Waals surface area contributed by atoms with Crippen molar-refractivity contribution >= 4 is 9.84 Å². The molecule has 0 aromatic carbocycles. The lowest BCUT2D eigenvalue weighted by Crippen LogP contribution is -1.99. The van der Waals surface area contributed by atoms with E-state index in [0.717, 1.165) is 19.3 Å². The fourth-order valence-electron chi connectivity index (χ4n) is 0.926. The van der Waals surface area contributed by atoms with Crippen molar-refractivity contribution in [2.24, 2.45) is 0 Å². The lowest BCUT2D eigenvalue weighted by atomic mass is 10.2. The quantitative estimate of drug-likeness (QED) is 0.583. The third-order valence-electron chi connectivity index (χ3n) is 1.56. The van der Waals surface area contributed by atoms with Crippen LogP contribution in [-0.2, 0) is 9.84 Å². The lowest BCUT2D eigenvalue weighted by molar-refractivity contribution is 0.594. The van der Waals surface area contributed by atoms with E-state index in [9.17, 15) is 8.42 Å². The van der Waals surface area contributed by atoms with Crippen LogP contribution in [0.3, 0.4) is 0 Å². The number of sulfone groups is 1. The van der Waals surface area contributed by atoms with E-state index >= 15 is 0 Å². The Labute approximate surface area is 69.9 Å². The number of rotatable bonds is 6. The van der Waals surface area contributed by atoms with Crippen LogP contribution in [0.2, 0.25) is 0 Å². The first-order valence-electron chi connectivity index (χ1n) is 4.12. The van der Waals surface area contributed by atoms with Gasteiger partial charge >= 0.3 is 0 Å². The molecule has 0 bridgehead atoms. The Balaban J connectivity index is 3.16. The van der Waals surface area contributed by atoms with Gasteiger partial charge in [0.2, 0.25) is 0 Å². The Morgan fingerprint density at radius 2 is 1.64 bits per heavy atom. The van der Waals surface area contributed by atoms with E-state index in [-0.39, 0.29) is 5.75 Å². The average Bonchev–Trinajstić information content (AvgIpc) is 1.85. The van der Waals surface area contributed by atoms with Crippen LogP contribution in [0.25, 0.3) is 0 Å². The maximum Gasteiger partial charge on any atom is 0.151 e. The summed E-state index contributed by atoms with van der Waals surface area (Å²) in [7, 11) is -2.96. The maximum atomic E-state index is 10.6. The molecule has 0 spiro atoms. The van der Waals surface area contributed by atoms with Crippen molar-refractivity contribution in [1.29, 1.82) is 0 Å². The second kappa shape index (κ2) is 5.58. The Morgan fingerprint density at radius 1 is 1.09 bits per heavy atom. The molecule has 0 unspecified atom stereocenters. The molecule has 1 radical (unpaired) electrons. The van der Waals surface area contributed by atoms with Crippen molar-refractivity contribution in [2.75, 3.05) is 5.75 Å². The third kappa shape index (κ3) is 9.95. The molecular formula is C8H17O2S. The number of unbranched alkanes of at least 4 members (excludes halogenated alkanes) is 4. The highest BCUT2D eigenvalue weighted by Crippen LogP contribution is 2.03. The van der Waals surface area contributed by atoms with E-state index in [1.807, 2.05) is 0 Å².